The fraction of sp³-hybridized carbons (Fsp3) is 0.125. The summed E-state index contributed by atoms with van der Waals surface area (Å²) in [6.45, 7) is 0.344. The number of rotatable bonds is 4. The van der Waals surface area contributed by atoms with Crippen LogP contribution in [0.1, 0.15) is 15.9 Å². The number of hydrazone groups is 1. The summed E-state index contributed by atoms with van der Waals surface area (Å²) in [5.41, 5.74) is 5.07. The van der Waals surface area contributed by atoms with Crippen molar-refractivity contribution in [3.8, 4) is 11.5 Å². The summed E-state index contributed by atoms with van der Waals surface area (Å²) < 4.78 is 10.7. The standard InChI is InChI=1S/C16H13ClN2O4/c1-22-10-3-5-15-12(7-10)14(8-23-15)19-18-9-2-4-11(16(20)21)13(17)6-9/h2-7,18H,8H2,1H3,(H,20,21)/b19-14+. The normalized spacial score (nSPS) is 14.3. The maximum absolute atomic E-state index is 10.9. The van der Waals surface area contributed by atoms with Gasteiger partial charge >= 0.3 is 5.97 Å². The number of aromatic carboxylic acids is 1. The number of anilines is 1. The van der Waals surface area contributed by atoms with Gasteiger partial charge in [0.15, 0.2) is 0 Å². The smallest absolute Gasteiger partial charge is 0.337 e. The molecule has 23 heavy (non-hydrogen) atoms. The first-order valence-electron chi connectivity index (χ1n) is 6.75. The second kappa shape index (κ2) is 6.18. The molecule has 0 spiro atoms. The molecule has 2 N–H and O–H groups in total. The summed E-state index contributed by atoms with van der Waals surface area (Å²) >= 11 is 5.93. The number of hydrogen-bond acceptors (Lipinski definition) is 5. The number of methoxy groups -OCH3 is 1. The van der Waals surface area contributed by atoms with E-state index in [0.29, 0.717) is 12.3 Å². The van der Waals surface area contributed by atoms with Crippen molar-refractivity contribution in [2.45, 2.75) is 0 Å². The zero-order valence-electron chi connectivity index (χ0n) is 12.2. The summed E-state index contributed by atoms with van der Waals surface area (Å²) in [5.74, 6) is 0.388. The van der Waals surface area contributed by atoms with E-state index in [1.54, 1.807) is 13.2 Å². The molecular weight excluding hydrogens is 320 g/mol. The van der Waals surface area contributed by atoms with Crippen molar-refractivity contribution in [2.75, 3.05) is 19.1 Å². The Labute approximate surface area is 137 Å². The molecule has 0 radical (unpaired) electrons. The number of halogens is 1. The van der Waals surface area contributed by atoms with Crippen molar-refractivity contribution in [1.29, 1.82) is 0 Å². The van der Waals surface area contributed by atoms with Crippen LogP contribution in [-0.2, 0) is 0 Å². The maximum Gasteiger partial charge on any atom is 0.337 e. The Balaban J connectivity index is 1.83. The largest absolute Gasteiger partial charge is 0.497 e. The third kappa shape index (κ3) is 3.07. The Morgan fingerprint density at radius 3 is 2.87 bits per heavy atom. The Morgan fingerprint density at radius 1 is 1.35 bits per heavy atom. The lowest BCUT2D eigenvalue weighted by atomic mass is 10.1. The van der Waals surface area contributed by atoms with E-state index >= 15 is 0 Å². The Bertz CT molecular complexity index is 805. The molecule has 2 aromatic carbocycles. The zero-order valence-corrected chi connectivity index (χ0v) is 12.9. The molecule has 3 rings (SSSR count). The number of carboxylic acid groups (broad SMARTS) is 1. The first-order chi connectivity index (χ1) is 11.1. The number of ether oxygens (including phenoxy) is 2. The molecule has 118 valence electrons. The van der Waals surface area contributed by atoms with Crippen LogP contribution < -0.4 is 14.9 Å². The van der Waals surface area contributed by atoms with Gasteiger partial charge in [0.1, 0.15) is 23.8 Å². The van der Waals surface area contributed by atoms with Crippen molar-refractivity contribution in [3.05, 3.63) is 52.5 Å². The molecule has 0 fully saturated rings. The Morgan fingerprint density at radius 2 is 2.17 bits per heavy atom. The van der Waals surface area contributed by atoms with Crippen LogP contribution in [0, 0.1) is 0 Å². The van der Waals surface area contributed by atoms with Crippen LogP contribution in [0.3, 0.4) is 0 Å². The number of carboxylic acids is 1. The Kier molecular flexibility index (Phi) is 4.08. The molecule has 7 heteroatoms. The van der Waals surface area contributed by atoms with E-state index in [0.717, 1.165) is 22.8 Å². The SMILES string of the molecule is COc1ccc2c(c1)/C(=N/Nc1ccc(C(=O)O)c(Cl)c1)CO2. The second-order valence-corrected chi connectivity index (χ2v) is 5.23. The highest BCUT2D eigenvalue weighted by Gasteiger charge is 2.20. The third-order valence-electron chi connectivity index (χ3n) is 3.38. The van der Waals surface area contributed by atoms with E-state index < -0.39 is 5.97 Å². The number of carbonyl (C=O) groups is 1. The number of hydrogen-bond donors (Lipinski definition) is 2. The van der Waals surface area contributed by atoms with Crippen molar-refractivity contribution in [1.82, 2.24) is 0 Å². The number of nitrogens with one attached hydrogen (secondary N) is 1. The second-order valence-electron chi connectivity index (χ2n) is 4.82. The molecule has 0 saturated carbocycles. The van der Waals surface area contributed by atoms with Crippen molar-refractivity contribution >= 4 is 29.0 Å². The van der Waals surface area contributed by atoms with Gasteiger partial charge in [-0.2, -0.15) is 5.10 Å². The lowest BCUT2D eigenvalue weighted by Crippen LogP contribution is -2.06. The first-order valence-corrected chi connectivity index (χ1v) is 7.13. The summed E-state index contributed by atoms with van der Waals surface area (Å²) in [6, 6.07) is 10.0. The molecule has 1 aliphatic heterocycles. The van der Waals surface area contributed by atoms with Gasteiger partial charge in [0.05, 0.1) is 23.4 Å². The van der Waals surface area contributed by atoms with Crippen LogP contribution in [0.4, 0.5) is 5.69 Å². The Hall–Kier alpha value is -2.73. The van der Waals surface area contributed by atoms with Gasteiger partial charge in [0.25, 0.3) is 0 Å². The summed E-state index contributed by atoms with van der Waals surface area (Å²) in [4.78, 5) is 10.9. The topological polar surface area (TPSA) is 80.2 Å². The number of benzene rings is 2. The van der Waals surface area contributed by atoms with Crippen LogP contribution in [-0.4, -0.2) is 30.5 Å². The molecule has 6 nitrogen and oxygen atoms in total. The third-order valence-corrected chi connectivity index (χ3v) is 3.69. The van der Waals surface area contributed by atoms with E-state index in [9.17, 15) is 4.79 Å². The molecule has 1 heterocycles. The predicted octanol–water partition coefficient (Wildman–Crippen LogP) is 3.26. The molecule has 0 atom stereocenters. The van der Waals surface area contributed by atoms with E-state index in [1.165, 1.54) is 12.1 Å². The summed E-state index contributed by atoms with van der Waals surface area (Å²) in [7, 11) is 1.60. The quantitative estimate of drug-likeness (QED) is 0.840. The van der Waals surface area contributed by atoms with Crippen LogP contribution in [0.15, 0.2) is 41.5 Å². The zero-order chi connectivity index (χ0) is 16.4. The molecule has 0 amide bonds. The van der Waals surface area contributed by atoms with Gasteiger partial charge in [-0.15, -0.1) is 0 Å². The molecule has 0 bridgehead atoms. The minimum Gasteiger partial charge on any atom is -0.497 e. The maximum atomic E-state index is 10.9. The van der Waals surface area contributed by atoms with Crippen LogP contribution in [0.25, 0.3) is 0 Å². The van der Waals surface area contributed by atoms with Gasteiger partial charge in [-0.25, -0.2) is 4.79 Å². The average molecular weight is 333 g/mol. The summed E-state index contributed by atoms with van der Waals surface area (Å²) in [6.07, 6.45) is 0. The molecule has 2 aromatic rings. The van der Waals surface area contributed by atoms with Gasteiger partial charge < -0.3 is 14.6 Å². The minimum absolute atomic E-state index is 0.0455. The lowest BCUT2D eigenvalue weighted by molar-refractivity contribution is 0.0697. The molecule has 0 aliphatic carbocycles. The number of fused-ring (bicyclic) bond motifs is 1. The predicted molar refractivity (Wildman–Crippen MR) is 87.1 cm³/mol. The summed E-state index contributed by atoms with van der Waals surface area (Å²) in [5, 5.41) is 13.4. The van der Waals surface area contributed by atoms with Crippen molar-refractivity contribution in [3.63, 3.8) is 0 Å². The van der Waals surface area contributed by atoms with E-state index in [1.807, 2.05) is 18.2 Å². The highest BCUT2D eigenvalue weighted by Crippen LogP contribution is 2.29. The fourth-order valence-electron chi connectivity index (χ4n) is 2.19. The highest BCUT2D eigenvalue weighted by atomic mass is 35.5. The molecule has 1 aliphatic rings. The van der Waals surface area contributed by atoms with Gasteiger partial charge in [0, 0.05) is 5.56 Å². The van der Waals surface area contributed by atoms with Gasteiger partial charge in [0.2, 0.25) is 0 Å². The van der Waals surface area contributed by atoms with E-state index in [-0.39, 0.29) is 10.6 Å². The number of nitrogens with zero attached hydrogens (tertiary/aromatic N) is 1. The fourth-order valence-corrected chi connectivity index (χ4v) is 2.46. The van der Waals surface area contributed by atoms with E-state index in [4.69, 9.17) is 26.2 Å². The molecule has 0 aromatic heterocycles. The minimum atomic E-state index is -1.07. The van der Waals surface area contributed by atoms with Crippen molar-refractivity contribution in [2.24, 2.45) is 5.10 Å². The molecular formula is C16H13ClN2O4. The van der Waals surface area contributed by atoms with Gasteiger partial charge in [-0.1, -0.05) is 11.6 Å². The monoisotopic (exact) mass is 332 g/mol. The van der Waals surface area contributed by atoms with E-state index in [2.05, 4.69) is 10.5 Å². The highest BCUT2D eigenvalue weighted by molar-refractivity contribution is 6.33. The van der Waals surface area contributed by atoms with Gasteiger partial charge in [-0.3, -0.25) is 5.43 Å². The van der Waals surface area contributed by atoms with Gasteiger partial charge in [-0.05, 0) is 36.4 Å². The van der Waals surface area contributed by atoms with Crippen LogP contribution >= 0.6 is 11.6 Å². The average Bonchev–Trinajstić information content (AvgIpc) is 2.94. The molecule has 0 saturated heterocycles. The molecule has 0 unspecified atom stereocenters. The van der Waals surface area contributed by atoms with Crippen LogP contribution in [0.5, 0.6) is 11.5 Å². The lowest BCUT2D eigenvalue weighted by Gasteiger charge is -2.05. The van der Waals surface area contributed by atoms with Crippen LogP contribution in [0.2, 0.25) is 5.02 Å². The first kappa shape index (κ1) is 15.2. The van der Waals surface area contributed by atoms with Crippen molar-refractivity contribution < 1.29 is 19.4 Å².